The first-order valence-corrected chi connectivity index (χ1v) is 27.1. The Morgan fingerprint density at radius 1 is 0.537 bits per heavy atom. The van der Waals surface area contributed by atoms with Crippen molar-refractivity contribution in [2.75, 3.05) is 0 Å². The van der Waals surface area contributed by atoms with Gasteiger partial charge in [-0.05, 0) is 46.9 Å². The molecule has 0 bridgehead atoms. The minimum absolute atomic E-state index is 0.181. The van der Waals surface area contributed by atoms with Gasteiger partial charge in [-0.3, -0.25) is 0 Å². The average Bonchev–Trinajstić information content (AvgIpc) is 3.73. The van der Waals surface area contributed by atoms with Crippen LogP contribution in [0.5, 0.6) is 0 Å². The van der Waals surface area contributed by atoms with E-state index >= 15 is 0 Å². The molecule has 0 N–H and O–H groups in total. The van der Waals surface area contributed by atoms with Crippen LogP contribution in [0.1, 0.15) is 74.9 Å². The summed E-state index contributed by atoms with van der Waals surface area (Å²) in [6.45, 7) is 26.6. The van der Waals surface area contributed by atoms with E-state index in [-0.39, 0.29) is 10.8 Å². The molecular weight excluding hydrogens is 791 g/mol. The van der Waals surface area contributed by atoms with Crippen LogP contribution in [-0.2, 0) is 31.7 Å². The summed E-state index contributed by atoms with van der Waals surface area (Å²) in [6, 6.07) is 45.0. The molecule has 54 heavy (non-hydrogen) atoms. The zero-order chi connectivity index (χ0) is 39.8. The van der Waals surface area contributed by atoms with Crippen LogP contribution >= 0.6 is 17.0 Å². The molecule has 0 unspecified atom stereocenters. The Bertz CT molecular complexity index is 2230. The van der Waals surface area contributed by atoms with Crippen molar-refractivity contribution in [2.45, 2.75) is 93.2 Å². The van der Waals surface area contributed by atoms with Crippen molar-refractivity contribution in [1.82, 2.24) is 0 Å². The molecule has 2 radical (unpaired) electrons. The van der Waals surface area contributed by atoms with Crippen molar-refractivity contribution >= 4 is 48.1 Å². The normalized spacial score (nSPS) is 11.1. The van der Waals surface area contributed by atoms with Gasteiger partial charge in [0.2, 0.25) is 0 Å². The van der Waals surface area contributed by atoms with Crippen LogP contribution < -0.4 is 0 Å². The summed E-state index contributed by atoms with van der Waals surface area (Å²) in [5.74, 6) is 0. The number of aryl methyl sites for hydroxylation is 4. The molecule has 7 rings (SSSR count). The third-order valence-corrected chi connectivity index (χ3v) is 9.89. The van der Waals surface area contributed by atoms with E-state index in [4.69, 9.17) is 17.0 Å². The number of hydrogen-bond acceptors (Lipinski definition) is 0. The summed E-state index contributed by atoms with van der Waals surface area (Å²) in [7, 11) is 11.0. The molecule has 0 atom stereocenters. The minimum atomic E-state index is -0.826. The first kappa shape index (κ1) is 43.7. The van der Waals surface area contributed by atoms with Gasteiger partial charge >= 0.3 is 37.9 Å². The zero-order valence-electron chi connectivity index (χ0n) is 34.3. The van der Waals surface area contributed by atoms with Crippen LogP contribution in [-0.4, -0.2) is 9.52 Å². The van der Waals surface area contributed by atoms with E-state index in [0.717, 1.165) is 9.52 Å². The predicted octanol–water partition coefficient (Wildman–Crippen LogP) is 16.1. The Morgan fingerprint density at radius 2 is 1.00 bits per heavy atom. The zero-order valence-corrected chi connectivity index (χ0v) is 39.3. The van der Waals surface area contributed by atoms with E-state index in [0.29, 0.717) is 0 Å². The Hall–Kier alpha value is -3.00. The van der Waals surface area contributed by atoms with Crippen LogP contribution in [0.3, 0.4) is 0 Å². The third kappa shape index (κ3) is 10.9. The first-order chi connectivity index (χ1) is 25.5. The van der Waals surface area contributed by atoms with Gasteiger partial charge in [0.1, 0.15) is 0 Å². The fourth-order valence-corrected chi connectivity index (χ4v) is 7.04. The maximum atomic E-state index is 4.93. The number of hydrogen-bond donors (Lipinski definition) is 0. The molecular formula is C50H56Cl2SiZr. The second-order valence-corrected chi connectivity index (χ2v) is 21.1. The Kier molecular flexibility index (Phi) is 15.6. The molecule has 7 aromatic carbocycles. The predicted molar refractivity (Wildman–Crippen MR) is 241 cm³/mol. The summed E-state index contributed by atoms with van der Waals surface area (Å²) < 4.78 is 0. The maximum absolute atomic E-state index is 4.93. The van der Waals surface area contributed by atoms with E-state index in [1.165, 1.54) is 88.3 Å². The number of halogens is 2. The van der Waals surface area contributed by atoms with Gasteiger partial charge in [0.25, 0.3) is 0 Å². The molecule has 7 aromatic rings. The molecule has 0 saturated carbocycles. The Morgan fingerprint density at radius 3 is 1.48 bits per heavy atom. The van der Waals surface area contributed by atoms with E-state index in [1.54, 1.807) is 0 Å². The molecule has 0 spiro atoms. The Labute approximate surface area is 347 Å². The second kappa shape index (κ2) is 19.2. The van der Waals surface area contributed by atoms with Crippen LogP contribution in [0.25, 0.3) is 54.9 Å². The van der Waals surface area contributed by atoms with Crippen molar-refractivity contribution in [3.05, 3.63) is 155 Å². The van der Waals surface area contributed by atoms with Gasteiger partial charge in [-0.25, -0.2) is 0 Å². The quantitative estimate of drug-likeness (QED) is 0.123. The number of benzene rings is 5. The van der Waals surface area contributed by atoms with E-state index in [1.807, 2.05) is 0 Å². The summed E-state index contributed by atoms with van der Waals surface area (Å²) in [5, 5.41) is 5.39. The number of fused-ring (bicyclic) bond motifs is 2. The third-order valence-electron chi connectivity index (χ3n) is 9.89. The van der Waals surface area contributed by atoms with Gasteiger partial charge in [-0.2, -0.15) is 6.07 Å². The first-order valence-electron chi connectivity index (χ1n) is 18.7. The van der Waals surface area contributed by atoms with E-state index in [9.17, 15) is 0 Å². The van der Waals surface area contributed by atoms with Crippen molar-refractivity contribution in [1.29, 1.82) is 0 Å². The molecule has 0 aromatic heterocycles. The van der Waals surface area contributed by atoms with Gasteiger partial charge in [-0.15, -0.1) is 68.6 Å². The van der Waals surface area contributed by atoms with Crippen molar-refractivity contribution in [3.8, 4) is 33.4 Å². The molecule has 4 heteroatoms. The summed E-state index contributed by atoms with van der Waals surface area (Å²) in [5.41, 5.74) is 16.4. The molecule has 0 amide bonds. The average molecular weight is 847 g/mol. The Balaban J connectivity index is 0.000000215. The standard InChI is InChI=1S/C27H27.C21H23.C2H6Si.2ClH.Zr/c1-18-8-6-9-19(2)26(18)22-16-21-10-7-11-24(25(21)17-22)20-12-14-23(15-13-20)27(3,4)5;1-14-12-19-15(2)6-11-18(20(19)13-14)16-7-9-17(10-8-16)21(3,4)5;1-3-2;;;/h6-17H,1-5H3;6-13H,1-5H3;1-2H3;2*1H;/q2*-1;;;;+4/p-2. The van der Waals surface area contributed by atoms with Crippen molar-refractivity contribution in [3.63, 3.8) is 0 Å². The van der Waals surface area contributed by atoms with Gasteiger partial charge in [0.05, 0.1) is 0 Å². The summed E-state index contributed by atoms with van der Waals surface area (Å²) in [4.78, 5) is 0. The van der Waals surface area contributed by atoms with E-state index < -0.39 is 20.8 Å². The van der Waals surface area contributed by atoms with Gasteiger partial charge in [0, 0.05) is 9.52 Å². The fraction of sp³-hybridized carbons (Fsp3) is 0.280. The molecule has 0 aliphatic carbocycles. The number of rotatable bonds is 3. The van der Waals surface area contributed by atoms with Gasteiger partial charge < -0.3 is 0 Å². The molecule has 278 valence electrons. The molecule has 0 aliphatic heterocycles. The molecule has 0 saturated heterocycles. The van der Waals surface area contributed by atoms with Crippen LogP contribution in [0.4, 0.5) is 0 Å². The molecule has 0 heterocycles. The topological polar surface area (TPSA) is 0 Å². The van der Waals surface area contributed by atoms with Crippen LogP contribution in [0.15, 0.2) is 121 Å². The monoisotopic (exact) mass is 844 g/mol. The SMILES string of the molecule is C[Si]C.Cc1cc2c(-c3ccc(C(C)(C)C)cc3)ccc(C)c2[cH-]1.Cc1cccc(C)c1-c1cc2c(-c3ccc(C(C)(C)C)cc3)cccc2[cH-]1.[Cl][Zr+2][Cl]. The van der Waals surface area contributed by atoms with Crippen molar-refractivity contribution in [2.24, 2.45) is 0 Å². The van der Waals surface area contributed by atoms with E-state index in [2.05, 4.69) is 204 Å². The summed E-state index contributed by atoms with van der Waals surface area (Å²) in [6.07, 6.45) is 0. The molecule has 0 nitrogen and oxygen atoms in total. The van der Waals surface area contributed by atoms with Crippen LogP contribution in [0.2, 0.25) is 13.1 Å². The van der Waals surface area contributed by atoms with Crippen molar-refractivity contribution < 1.29 is 20.8 Å². The second-order valence-electron chi connectivity index (χ2n) is 16.3. The van der Waals surface area contributed by atoms with Gasteiger partial charge in [0.15, 0.2) is 0 Å². The fourth-order valence-electron chi connectivity index (χ4n) is 7.04. The molecule has 0 fully saturated rings. The van der Waals surface area contributed by atoms with Crippen LogP contribution in [0, 0.1) is 27.7 Å². The van der Waals surface area contributed by atoms with Gasteiger partial charge in [-0.1, -0.05) is 181 Å². The summed E-state index contributed by atoms with van der Waals surface area (Å²) >= 11 is -0.826. The molecule has 0 aliphatic rings.